The highest BCUT2D eigenvalue weighted by atomic mass is 16.5. The Labute approximate surface area is 147 Å². The monoisotopic (exact) mass is 350 g/mol. The summed E-state index contributed by atoms with van der Waals surface area (Å²) in [6.45, 7) is 5.86. The smallest absolute Gasteiger partial charge is 0.329 e. The number of hydrogen-bond donors (Lipinski definition) is 1. The van der Waals surface area contributed by atoms with E-state index >= 15 is 0 Å². The highest BCUT2D eigenvalue weighted by Crippen LogP contribution is 2.12. The molecule has 0 aliphatic carbocycles. The van der Waals surface area contributed by atoms with Gasteiger partial charge in [0.25, 0.3) is 5.56 Å². The molecule has 0 bridgehead atoms. The average Bonchev–Trinajstić information content (AvgIpc) is 3.00. The molecule has 1 aliphatic heterocycles. The maximum absolute atomic E-state index is 12.5. The Balaban J connectivity index is 1.96. The SMILES string of the molecule is CCOC(=O)[C@H](CC)n1ccnc(NCCCN2CCCC2=O)c1=O. The summed E-state index contributed by atoms with van der Waals surface area (Å²) in [5.41, 5.74) is -0.348. The molecule has 138 valence electrons. The molecule has 1 atom stereocenters. The van der Waals surface area contributed by atoms with Gasteiger partial charge in [-0.15, -0.1) is 0 Å². The third-order valence-corrected chi connectivity index (χ3v) is 4.22. The summed E-state index contributed by atoms with van der Waals surface area (Å²) < 4.78 is 6.39. The van der Waals surface area contributed by atoms with Gasteiger partial charge >= 0.3 is 5.97 Å². The van der Waals surface area contributed by atoms with Crippen LogP contribution in [0.2, 0.25) is 0 Å². The van der Waals surface area contributed by atoms with Gasteiger partial charge in [0.2, 0.25) is 5.91 Å². The summed E-state index contributed by atoms with van der Waals surface area (Å²) >= 11 is 0. The third-order valence-electron chi connectivity index (χ3n) is 4.22. The van der Waals surface area contributed by atoms with Crippen LogP contribution in [0.25, 0.3) is 0 Å². The lowest BCUT2D eigenvalue weighted by Crippen LogP contribution is -2.33. The summed E-state index contributed by atoms with van der Waals surface area (Å²) in [4.78, 5) is 42.0. The Morgan fingerprint density at radius 2 is 2.20 bits per heavy atom. The van der Waals surface area contributed by atoms with Crippen LogP contribution in [0.3, 0.4) is 0 Å². The van der Waals surface area contributed by atoms with Crippen molar-refractivity contribution < 1.29 is 14.3 Å². The molecule has 8 heteroatoms. The Morgan fingerprint density at radius 1 is 1.40 bits per heavy atom. The number of nitrogens with one attached hydrogen (secondary N) is 1. The fraction of sp³-hybridized carbons (Fsp3) is 0.647. The van der Waals surface area contributed by atoms with Gasteiger partial charge in [0.1, 0.15) is 6.04 Å². The van der Waals surface area contributed by atoms with E-state index < -0.39 is 12.0 Å². The van der Waals surface area contributed by atoms with Crippen LogP contribution >= 0.6 is 0 Å². The van der Waals surface area contributed by atoms with Crippen molar-refractivity contribution in [2.24, 2.45) is 0 Å². The maximum Gasteiger partial charge on any atom is 0.329 e. The van der Waals surface area contributed by atoms with Crippen LogP contribution in [-0.4, -0.2) is 52.6 Å². The summed E-state index contributed by atoms with van der Waals surface area (Å²) in [6.07, 6.45) is 5.74. The van der Waals surface area contributed by atoms with Crippen LogP contribution in [0.5, 0.6) is 0 Å². The number of anilines is 1. The van der Waals surface area contributed by atoms with Crippen molar-refractivity contribution in [3.63, 3.8) is 0 Å². The number of hydrogen-bond acceptors (Lipinski definition) is 6. The minimum atomic E-state index is -0.654. The first-order valence-corrected chi connectivity index (χ1v) is 8.83. The van der Waals surface area contributed by atoms with Gasteiger partial charge < -0.3 is 15.0 Å². The molecular formula is C17H26N4O4. The van der Waals surface area contributed by atoms with Gasteiger partial charge in [-0.05, 0) is 26.2 Å². The van der Waals surface area contributed by atoms with Gasteiger partial charge in [0.15, 0.2) is 5.82 Å². The Bertz CT molecular complexity index is 658. The van der Waals surface area contributed by atoms with Crippen LogP contribution in [-0.2, 0) is 14.3 Å². The van der Waals surface area contributed by atoms with E-state index in [1.807, 2.05) is 11.8 Å². The molecule has 0 spiro atoms. The molecule has 1 amide bonds. The number of carbonyl (C=O) groups excluding carboxylic acids is 2. The van der Waals surface area contributed by atoms with Crippen LogP contribution in [0.1, 0.15) is 45.6 Å². The van der Waals surface area contributed by atoms with Gasteiger partial charge in [-0.2, -0.15) is 0 Å². The first-order valence-electron chi connectivity index (χ1n) is 8.83. The van der Waals surface area contributed by atoms with Crippen LogP contribution in [0, 0.1) is 0 Å². The zero-order valence-corrected chi connectivity index (χ0v) is 14.9. The first kappa shape index (κ1) is 19.0. The number of nitrogens with zero attached hydrogens (tertiary/aromatic N) is 3. The number of carbonyl (C=O) groups is 2. The molecular weight excluding hydrogens is 324 g/mol. The second-order valence-corrected chi connectivity index (χ2v) is 5.93. The van der Waals surface area contributed by atoms with Crippen LogP contribution < -0.4 is 10.9 Å². The summed E-state index contributed by atoms with van der Waals surface area (Å²) in [5.74, 6) is -0.0183. The molecule has 0 saturated carbocycles. The van der Waals surface area contributed by atoms with Gasteiger partial charge in [-0.1, -0.05) is 6.92 Å². The lowest BCUT2D eigenvalue weighted by Gasteiger charge is -2.18. The molecule has 8 nitrogen and oxygen atoms in total. The summed E-state index contributed by atoms with van der Waals surface area (Å²) in [5, 5.41) is 3.01. The van der Waals surface area contributed by atoms with E-state index in [1.54, 1.807) is 6.92 Å². The third kappa shape index (κ3) is 4.80. The fourth-order valence-electron chi connectivity index (χ4n) is 2.92. The van der Waals surface area contributed by atoms with Crippen molar-refractivity contribution in [2.75, 3.05) is 31.6 Å². The number of ether oxygens (including phenoxy) is 1. The largest absolute Gasteiger partial charge is 0.464 e. The highest BCUT2D eigenvalue weighted by Gasteiger charge is 2.22. The quantitative estimate of drug-likeness (QED) is 0.531. The van der Waals surface area contributed by atoms with Gasteiger partial charge in [0, 0.05) is 38.4 Å². The van der Waals surface area contributed by atoms with Crippen LogP contribution in [0.4, 0.5) is 5.82 Å². The molecule has 25 heavy (non-hydrogen) atoms. The predicted molar refractivity (Wildman–Crippen MR) is 93.4 cm³/mol. The van der Waals surface area contributed by atoms with E-state index in [-0.39, 0.29) is 23.9 Å². The van der Waals surface area contributed by atoms with Crippen molar-refractivity contribution in [3.8, 4) is 0 Å². The van der Waals surface area contributed by atoms with Crippen LogP contribution in [0.15, 0.2) is 17.2 Å². The van der Waals surface area contributed by atoms with E-state index in [0.717, 1.165) is 19.4 Å². The molecule has 2 rings (SSSR count). The molecule has 2 heterocycles. The molecule has 1 aromatic rings. The minimum absolute atomic E-state index is 0.195. The Morgan fingerprint density at radius 3 is 2.84 bits per heavy atom. The standard InChI is InChI=1S/C17H26N4O4/c1-3-13(17(24)25-4-2)21-12-9-19-15(16(21)23)18-8-6-11-20-10-5-7-14(20)22/h9,12-13H,3-8,10-11H2,1-2H3,(H,18,19)/t13-/m0/s1. The number of rotatable bonds is 9. The number of esters is 1. The molecule has 1 aliphatic rings. The second kappa shape index (κ2) is 9.19. The van der Waals surface area contributed by atoms with Gasteiger partial charge in [-0.25, -0.2) is 9.78 Å². The molecule has 1 saturated heterocycles. The van der Waals surface area contributed by atoms with Crippen molar-refractivity contribution in [2.45, 2.75) is 45.6 Å². The van der Waals surface area contributed by atoms with Crippen molar-refractivity contribution >= 4 is 17.7 Å². The normalized spacial score (nSPS) is 15.3. The predicted octanol–water partition coefficient (Wildman–Crippen LogP) is 1.18. The zero-order valence-electron chi connectivity index (χ0n) is 14.9. The summed E-state index contributed by atoms with van der Waals surface area (Å²) in [7, 11) is 0. The number of amides is 1. The van der Waals surface area contributed by atoms with E-state index in [0.29, 0.717) is 25.9 Å². The highest BCUT2D eigenvalue weighted by molar-refractivity contribution is 5.78. The van der Waals surface area contributed by atoms with E-state index in [9.17, 15) is 14.4 Å². The molecule has 0 unspecified atom stereocenters. The Hall–Kier alpha value is -2.38. The van der Waals surface area contributed by atoms with Crippen molar-refractivity contribution in [3.05, 3.63) is 22.7 Å². The van der Waals surface area contributed by atoms with Gasteiger partial charge in [-0.3, -0.25) is 14.2 Å². The lowest BCUT2D eigenvalue weighted by molar-refractivity contribution is -0.147. The fourth-order valence-corrected chi connectivity index (χ4v) is 2.92. The lowest BCUT2D eigenvalue weighted by atomic mass is 10.2. The van der Waals surface area contributed by atoms with E-state index in [4.69, 9.17) is 4.74 Å². The number of aromatic nitrogens is 2. The first-order chi connectivity index (χ1) is 12.1. The Kier molecular flexibility index (Phi) is 6.97. The minimum Gasteiger partial charge on any atom is -0.464 e. The molecule has 0 radical (unpaired) electrons. The maximum atomic E-state index is 12.5. The number of likely N-dealkylation sites (tertiary alicyclic amines) is 1. The average molecular weight is 350 g/mol. The molecule has 1 N–H and O–H groups in total. The molecule has 0 aromatic carbocycles. The van der Waals surface area contributed by atoms with E-state index in [2.05, 4.69) is 10.3 Å². The summed E-state index contributed by atoms with van der Waals surface area (Å²) in [6, 6.07) is -0.654. The van der Waals surface area contributed by atoms with Gasteiger partial charge in [0.05, 0.1) is 6.61 Å². The molecule has 1 fully saturated rings. The molecule has 1 aromatic heterocycles. The topological polar surface area (TPSA) is 93.5 Å². The van der Waals surface area contributed by atoms with E-state index in [1.165, 1.54) is 17.0 Å². The van der Waals surface area contributed by atoms with Crippen molar-refractivity contribution in [1.82, 2.24) is 14.5 Å². The zero-order chi connectivity index (χ0) is 18.2. The van der Waals surface area contributed by atoms with Crippen molar-refractivity contribution in [1.29, 1.82) is 0 Å². The second-order valence-electron chi connectivity index (χ2n) is 5.93.